The lowest BCUT2D eigenvalue weighted by Gasteiger charge is -2.14. The monoisotopic (exact) mass is 423 g/mol. The molecule has 0 spiro atoms. The number of halogens is 1. The molecule has 1 rings (SSSR count). The van der Waals surface area contributed by atoms with Crippen molar-refractivity contribution in [3.8, 4) is 5.75 Å². The Morgan fingerprint density at radius 3 is 1.76 bits per heavy atom. The van der Waals surface area contributed by atoms with Crippen molar-refractivity contribution >= 4 is 17.5 Å². The van der Waals surface area contributed by atoms with Crippen molar-refractivity contribution in [1.29, 1.82) is 0 Å². The number of ether oxygens (including phenoxy) is 1. The van der Waals surface area contributed by atoms with Crippen molar-refractivity contribution in [2.45, 2.75) is 110 Å². The van der Waals surface area contributed by atoms with Gasteiger partial charge in [-0.25, -0.2) is 0 Å². The first-order chi connectivity index (χ1) is 14.1. The van der Waals surface area contributed by atoms with E-state index >= 15 is 0 Å². The summed E-state index contributed by atoms with van der Waals surface area (Å²) in [5.74, 6) is 0.600. The molecule has 0 saturated carbocycles. The number of nitrogens with one attached hydrogen (secondary N) is 1. The Labute approximate surface area is 183 Å². The molecular formula is C25H42ClNO2. The molecule has 0 saturated heterocycles. The predicted octanol–water partition coefficient (Wildman–Crippen LogP) is 7.70. The molecular weight excluding hydrogens is 382 g/mol. The van der Waals surface area contributed by atoms with Gasteiger partial charge in [0, 0.05) is 11.6 Å². The third kappa shape index (κ3) is 14.4. The molecule has 1 N–H and O–H groups in total. The molecule has 0 aromatic heterocycles. The topological polar surface area (TPSA) is 38.3 Å². The molecule has 4 heteroatoms. The third-order valence-corrected chi connectivity index (χ3v) is 5.58. The first kappa shape index (κ1) is 25.8. The summed E-state index contributed by atoms with van der Waals surface area (Å²) in [7, 11) is 0. The first-order valence-electron chi connectivity index (χ1n) is 11.8. The summed E-state index contributed by atoms with van der Waals surface area (Å²) in [5, 5.41) is 3.63. The van der Waals surface area contributed by atoms with Crippen LogP contribution in [0, 0.1) is 0 Å². The Balaban J connectivity index is 1.87. The van der Waals surface area contributed by atoms with E-state index in [1.807, 2.05) is 0 Å². The predicted molar refractivity (Wildman–Crippen MR) is 125 cm³/mol. The summed E-state index contributed by atoms with van der Waals surface area (Å²) in [6, 6.07) is 7.08. The molecule has 0 heterocycles. The summed E-state index contributed by atoms with van der Waals surface area (Å²) in [6.45, 7) is 4.77. The molecule has 1 aromatic rings. The number of hydrogen-bond donors (Lipinski definition) is 1. The quantitative estimate of drug-likeness (QED) is 0.245. The fourth-order valence-electron chi connectivity index (χ4n) is 3.45. The zero-order valence-electron chi connectivity index (χ0n) is 18.7. The normalized spacial score (nSPS) is 12.0. The van der Waals surface area contributed by atoms with E-state index in [0.29, 0.717) is 10.8 Å². The van der Waals surface area contributed by atoms with Crippen LogP contribution in [0.1, 0.15) is 104 Å². The lowest BCUT2D eigenvalue weighted by molar-refractivity contribution is -0.127. The van der Waals surface area contributed by atoms with Gasteiger partial charge in [0.1, 0.15) is 5.75 Å². The highest BCUT2D eigenvalue weighted by atomic mass is 35.5. The van der Waals surface area contributed by atoms with Crippen LogP contribution in [0.15, 0.2) is 24.3 Å². The number of benzene rings is 1. The SMILES string of the molecule is CCCCCCCCCCCCCCCCNC(=O)C(C)Oc1ccc(Cl)cc1. The second kappa shape index (κ2) is 17.6. The van der Waals surface area contributed by atoms with Gasteiger partial charge in [-0.3, -0.25) is 4.79 Å². The van der Waals surface area contributed by atoms with E-state index in [9.17, 15) is 4.79 Å². The minimum atomic E-state index is -0.497. The van der Waals surface area contributed by atoms with E-state index < -0.39 is 6.10 Å². The maximum absolute atomic E-state index is 12.1. The Bertz CT molecular complexity index is 518. The number of amides is 1. The number of unbranched alkanes of at least 4 members (excludes halogenated alkanes) is 13. The second-order valence-electron chi connectivity index (χ2n) is 8.10. The van der Waals surface area contributed by atoms with Gasteiger partial charge in [-0.1, -0.05) is 102 Å². The molecule has 3 nitrogen and oxygen atoms in total. The van der Waals surface area contributed by atoms with E-state index in [1.54, 1.807) is 31.2 Å². The van der Waals surface area contributed by atoms with Gasteiger partial charge in [-0.15, -0.1) is 0 Å². The van der Waals surface area contributed by atoms with Crippen molar-refractivity contribution < 1.29 is 9.53 Å². The van der Waals surface area contributed by atoms with Crippen LogP contribution in [0.5, 0.6) is 5.75 Å². The van der Waals surface area contributed by atoms with Crippen LogP contribution in [0.2, 0.25) is 5.02 Å². The number of carbonyl (C=O) groups excluding carboxylic acids is 1. The minimum absolute atomic E-state index is 0.0605. The molecule has 1 aromatic carbocycles. The maximum Gasteiger partial charge on any atom is 0.260 e. The maximum atomic E-state index is 12.1. The van der Waals surface area contributed by atoms with Crippen molar-refractivity contribution in [3.05, 3.63) is 29.3 Å². The van der Waals surface area contributed by atoms with Crippen molar-refractivity contribution in [1.82, 2.24) is 5.32 Å². The Hall–Kier alpha value is -1.22. The average molecular weight is 424 g/mol. The van der Waals surface area contributed by atoms with Gasteiger partial charge in [-0.05, 0) is 37.6 Å². The second-order valence-corrected chi connectivity index (χ2v) is 8.54. The minimum Gasteiger partial charge on any atom is -0.481 e. The zero-order valence-corrected chi connectivity index (χ0v) is 19.4. The van der Waals surface area contributed by atoms with Crippen molar-refractivity contribution in [3.63, 3.8) is 0 Å². The molecule has 1 atom stereocenters. The summed E-state index contributed by atoms with van der Waals surface area (Å²) in [5.41, 5.74) is 0. The fraction of sp³-hybridized carbons (Fsp3) is 0.720. The molecule has 0 fully saturated rings. The van der Waals surface area contributed by atoms with Crippen LogP contribution in [-0.4, -0.2) is 18.6 Å². The van der Waals surface area contributed by atoms with Gasteiger partial charge >= 0.3 is 0 Å². The van der Waals surface area contributed by atoms with Crippen LogP contribution in [-0.2, 0) is 4.79 Å². The Morgan fingerprint density at radius 1 is 0.828 bits per heavy atom. The molecule has 0 bridgehead atoms. The highest BCUT2D eigenvalue weighted by Crippen LogP contribution is 2.17. The van der Waals surface area contributed by atoms with Gasteiger partial charge in [-0.2, -0.15) is 0 Å². The average Bonchev–Trinajstić information content (AvgIpc) is 2.72. The molecule has 1 amide bonds. The highest BCUT2D eigenvalue weighted by Gasteiger charge is 2.13. The van der Waals surface area contributed by atoms with E-state index in [0.717, 1.165) is 13.0 Å². The molecule has 166 valence electrons. The van der Waals surface area contributed by atoms with Gasteiger partial charge in [0.05, 0.1) is 0 Å². The van der Waals surface area contributed by atoms with Gasteiger partial charge in [0.2, 0.25) is 0 Å². The molecule has 1 unspecified atom stereocenters. The van der Waals surface area contributed by atoms with E-state index in [4.69, 9.17) is 16.3 Å². The van der Waals surface area contributed by atoms with E-state index in [1.165, 1.54) is 83.5 Å². The summed E-state index contributed by atoms with van der Waals surface area (Å²) < 4.78 is 5.64. The third-order valence-electron chi connectivity index (χ3n) is 5.33. The fourth-order valence-corrected chi connectivity index (χ4v) is 3.57. The summed E-state index contributed by atoms with van der Waals surface area (Å²) in [4.78, 5) is 12.1. The first-order valence-corrected chi connectivity index (χ1v) is 12.2. The smallest absolute Gasteiger partial charge is 0.260 e. The molecule has 0 aliphatic carbocycles. The Morgan fingerprint density at radius 2 is 1.28 bits per heavy atom. The van der Waals surface area contributed by atoms with Gasteiger partial charge in [0.25, 0.3) is 5.91 Å². The van der Waals surface area contributed by atoms with Crippen LogP contribution < -0.4 is 10.1 Å². The lowest BCUT2D eigenvalue weighted by Crippen LogP contribution is -2.36. The van der Waals surface area contributed by atoms with Crippen LogP contribution >= 0.6 is 11.6 Å². The molecule has 29 heavy (non-hydrogen) atoms. The highest BCUT2D eigenvalue weighted by molar-refractivity contribution is 6.30. The van der Waals surface area contributed by atoms with Crippen LogP contribution in [0.25, 0.3) is 0 Å². The molecule has 0 aliphatic rings. The van der Waals surface area contributed by atoms with Gasteiger partial charge in [0.15, 0.2) is 6.10 Å². The molecule has 0 aliphatic heterocycles. The zero-order chi connectivity index (χ0) is 21.2. The number of carbonyl (C=O) groups is 1. The lowest BCUT2D eigenvalue weighted by atomic mass is 10.0. The van der Waals surface area contributed by atoms with Crippen LogP contribution in [0.3, 0.4) is 0 Å². The van der Waals surface area contributed by atoms with E-state index in [-0.39, 0.29) is 5.91 Å². The van der Waals surface area contributed by atoms with E-state index in [2.05, 4.69) is 12.2 Å². The standard InChI is InChI=1S/C25H42ClNO2/c1-3-4-5-6-7-8-9-10-11-12-13-14-15-16-21-27-25(28)22(2)29-24-19-17-23(26)18-20-24/h17-20,22H,3-16,21H2,1-2H3,(H,27,28). The van der Waals surface area contributed by atoms with Crippen LogP contribution in [0.4, 0.5) is 0 Å². The van der Waals surface area contributed by atoms with Crippen molar-refractivity contribution in [2.75, 3.05) is 6.54 Å². The summed E-state index contributed by atoms with van der Waals surface area (Å²) >= 11 is 5.85. The number of rotatable bonds is 18. The molecule has 0 radical (unpaired) electrons. The van der Waals surface area contributed by atoms with Gasteiger partial charge < -0.3 is 10.1 Å². The summed E-state index contributed by atoms with van der Waals surface area (Å²) in [6.07, 6.45) is 18.3. The Kier molecular flexibility index (Phi) is 15.7. The largest absolute Gasteiger partial charge is 0.481 e. The number of hydrogen-bond acceptors (Lipinski definition) is 2. The van der Waals surface area contributed by atoms with Crippen molar-refractivity contribution in [2.24, 2.45) is 0 Å².